The van der Waals surface area contributed by atoms with E-state index in [0.717, 1.165) is 11.1 Å². The van der Waals surface area contributed by atoms with E-state index in [1.165, 1.54) is 12.1 Å². The van der Waals surface area contributed by atoms with Crippen LogP contribution in [-0.4, -0.2) is 76.3 Å². The van der Waals surface area contributed by atoms with Crippen molar-refractivity contribution in [3.8, 4) is 5.75 Å². The fourth-order valence-electron chi connectivity index (χ4n) is 4.48. The standard InChI is InChI=1S/C28H33ClN2O10S2/c1-17-2-9-22(10-3-17)42(35,36)40-16-24-25(32)26(33)27(34)28(41-24)19-6-11-23(29)20(15-19)14-18-4-7-21(8-5-18)39-13-12-31-43(30,37)38/h2-11,15,24-28,31-34H,12-14,16H2,1H3,(H2,30,37,38)/t24-,25+,26-,27-,28+/m1/s1. The Balaban J connectivity index is 1.43. The number of benzene rings is 3. The molecule has 0 bridgehead atoms. The minimum Gasteiger partial charge on any atom is -0.492 e. The molecule has 1 aliphatic rings. The lowest BCUT2D eigenvalue weighted by Crippen LogP contribution is -2.55. The summed E-state index contributed by atoms with van der Waals surface area (Å²) in [7, 11) is -7.96. The minimum absolute atomic E-state index is 0.0132. The van der Waals surface area contributed by atoms with Crippen LogP contribution in [0, 0.1) is 6.92 Å². The van der Waals surface area contributed by atoms with Crippen LogP contribution in [-0.2, 0) is 35.7 Å². The molecule has 1 fully saturated rings. The fourth-order valence-corrected chi connectivity index (χ4v) is 5.95. The lowest BCUT2D eigenvalue weighted by atomic mass is 9.90. The number of aryl methyl sites for hydroxylation is 1. The maximum atomic E-state index is 12.6. The van der Waals surface area contributed by atoms with Gasteiger partial charge >= 0.3 is 0 Å². The second-order valence-electron chi connectivity index (χ2n) is 10.1. The number of ether oxygens (including phenoxy) is 2. The molecule has 0 spiro atoms. The van der Waals surface area contributed by atoms with Gasteiger partial charge in [0.25, 0.3) is 20.3 Å². The van der Waals surface area contributed by atoms with Crippen LogP contribution in [0.2, 0.25) is 5.02 Å². The van der Waals surface area contributed by atoms with E-state index in [0.29, 0.717) is 28.3 Å². The van der Waals surface area contributed by atoms with Crippen molar-refractivity contribution < 1.29 is 45.8 Å². The number of nitrogens with one attached hydrogen (secondary N) is 1. The van der Waals surface area contributed by atoms with Crippen molar-refractivity contribution in [1.82, 2.24) is 4.72 Å². The molecule has 0 saturated carbocycles. The van der Waals surface area contributed by atoms with Gasteiger partial charge in [0.2, 0.25) is 0 Å². The number of nitrogens with two attached hydrogens (primary N) is 1. The van der Waals surface area contributed by atoms with Crippen molar-refractivity contribution in [2.24, 2.45) is 5.14 Å². The molecule has 3 aromatic carbocycles. The topological polar surface area (TPSA) is 195 Å². The van der Waals surface area contributed by atoms with E-state index in [-0.39, 0.29) is 18.0 Å². The first-order valence-corrected chi connectivity index (χ1v) is 16.5. The molecule has 6 N–H and O–H groups in total. The maximum Gasteiger partial charge on any atom is 0.297 e. The van der Waals surface area contributed by atoms with Crippen molar-refractivity contribution in [1.29, 1.82) is 0 Å². The van der Waals surface area contributed by atoms with E-state index < -0.39 is 57.5 Å². The number of rotatable bonds is 12. The Kier molecular flexibility index (Phi) is 10.8. The SMILES string of the molecule is Cc1ccc(S(=O)(=O)OC[C@H]2O[C@@H](c3ccc(Cl)c(Cc4ccc(OCCNS(N)(=O)=O)cc4)c3)[C@H](O)[C@H](O)[C@H]2O)cc1. The van der Waals surface area contributed by atoms with Crippen molar-refractivity contribution in [2.75, 3.05) is 19.8 Å². The zero-order valence-electron chi connectivity index (χ0n) is 23.0. The Morgan fingerprint density at radius 2 is 1.60 bits per heavy atom. The highest BCUT2D eigenvalue weighted by Crippen LogP contribution is 2.35. The first-order valence-electron chi connectivity index (χ1n) is 13.2. The molecule has 1 heterocycles. The Bertz CT molecular complexity index is 1600. The Labute approximate surface area is 255 Å². The average Bonchev–Trinajstić information content (AvgIpc) is 2.95. The third-order valence-corrected chi connectivity index (χ3v) is 9.07. The van der Waals surface area contributed by atoms with E-state index >= 15 is 0 Å². The summed E-state index contributed by atoms with van der Waals surface area (Å²) in [6.07, 6.45) is -6.77. The van der Waals surface area contributed by atoms with Crippen LogP contribution in [0.15, 0.2) is 71.6 Å². The van der Waals surface area contributed by atoms with E-state index in [9.17, 15) is 32.2 Å². The Morgan fingerprint density at radius 3 is 2.26 bits per heavy atom. The van der Waals surface area contributed by atoms with Gasteiger partial charge < -0.3 is 24.8 Å². The number of hydrogen-bond acceptors (Lipinski definition) is 10. The summed E-state index contributed by atoms with van der Waals surface area (Å²) < 4.78 is 65.8. The van der Waals surface area contributed by atoms with Crippen molar-refractivity contribution in [2.45, 2.75) is 48.8 Å². The van der Waals surface area contributed by atoms with Crippen molar-refractivity contribution >= 4 is 31.9 Å². The van der Waals surface area contributed by atoms with E-state index in [4.69, 9.17) is 30.4 Å². The smallest absolute Gasteiger partial charge is 0.297 e. The quantitative estimate of drug-likeness (QED) is 0.140. The molecule has 3 aromatic rings. The van der Waals surface area contributed by atoms with Crippen molar-refractivity contribution in [3.05, 3.63) is 94.0 Å². The van der Waals surface area contributed by atoms with Gasteiger partial charge in [0.1, 0.15) is 42.9 Å². The predicted molar refractivity (Wildman–Crippen MR) is 157 cm³/mol. The zero-order valence-corrected chi connectivity index (χ0v) is 25.4. The number of hydrogen-bond donors (Lipinski definition) is 5. The van der Waals surface area contributed by atoms with Gasteiger partial charge in [-0.2, -0.15) is 21.6 Å². The van der Waals surface area contributed by atoms with Gasteiger partial charge in [0.05, 0.1) is 11.5 Å². The molecule has 0 radical (unpaired) electrons. The number of aliphatic hydroxyl groups is 3. The summed E-state index contributed by atoms with van der Waals surface area (Å²) in [6, 6.07) is 18.0. The fraction of sp³-hybridized carbons (Fsp3) is 0.357. The van der Waals surface area contributed by atoms with Gasteiger partial charge in [-0.15, -0.1) is 0 Å². The summed E-state index contributed by atoms with van der Waals surface area (Å²) >= 11 is 6.45. The van der Waals surface area contributed by atoms with Crippen LogP contribution in [0.1, 0.15) is 28.4 Å². The van der Waals surface area contributed by atoms with Crippen LogP contribution in [0.5, 0.6) is 5.75 Å². The van der Waals surface area contributed by atoms with Crippen LogP contribution in [0.25, 0.3) is 0 Å². The molecule has 0 amide bonds. The van der Waals surface area contributed by atoms with E-state index in [1.54, 1.807) is 54.6 Å². The Morgan fingerprint density at radius 1 is 0.930 bits per heavy atom. The summed E-state index contributed by atoms with van der Waals surface area (Å²) in [4.78, 5) is -0.0680. The molecule has 0 aliphatic carbocycles. The molecule has 5 atom stereocenters. The number of halogens is 1. The normalized spacial score (nSPS) is 22.8. The van der Waals surface area contributed by atoms with Gasteiger partial charge in [0.15, 0.2) is 0 Å². The summed E-state index contributed by atoms with van der Waals surface area (Å²) in [6.45, 7) is 1.31. The minimum atomic E-state index is -4.17. The third-order valence-electron chi connectivity index (χ3n) is 6.80. The highest BCUT2D eigenvalue weighted by atomic mass is 35.5. The molecule has 1 saturated heterocycles. The molecule has 0 unspecified atom stereocenters. The Hall–Kier alpha value is -2.63. The van der Waals surface area contributed by atoms with Gasteiger partial charge in [0, 0.05) is 11.6 Å². The molecule has 234 valence electrons. The third kappa shape index (κ3) is 8.95. The monoisotopic (exact) mass is 656 g/mol. The van der Waals surface area contributed by atoms with Crippen LogP contribution in [0.3, 0.4) is 0 Å². The lowest BCUT2D eigenvalue weighted by molar-refractivity contribution is -0.229. The van der Waals surface area contributed by atoms with Gasteiger partial charge in [-0.3, -0.25) is 4.18 Å². The molecular formula is C28H33ClN2O10S2. The van der Waals surface area contributed by atoms with Crippen LogP contribution < -0.4 is 14.6 Å². The molecule has 4 rings (SSSR count). The first kappa shape index (κ1) is 33.3. The highest BCUT2D eigenvalue weighted by Gasteiger charge is 2.45. The molecule has 43 heavy (non-hydrogen) atoms. The van der Waals surface area contributed by atoms with Gasteiger partial charge in [-0.05, 0) is 60.4 Å². The van der Waals surface area contributed by atoms with Crippen molar-refractivity contribution in [3.63, 3.8) is 0 Å². The summed E-state index contributed by atoms with van der Waals surface area (Å²) in [5.41, 5.74) is 2.86. The van der Waals surface area contributed by atoms with E-state index in [2.05, 4.69) is 4.72 Å². The zero-order chi connectivity index (χ0) is 31.4. The van der Waals surface area contributed by atoms with Crippen LogP contribution in [0.4, 0.5) is 0 Å². The number of aliphatic hydroxyl groups excluding tert-OH is 3. The summed E-state index contributed by atoms with van der Waals surface area (Å²) in [5.74, 6) is 0.517. The largest absolute Gasteiger partial charge is 0.492 e. The maximum absolute atomic E-state index is 12.6. The molecule has 15 heteroatoms. The first-order chi connectivity index (χ1) is 20.2. The highest BCUT2D eigenvalue weighted by molar-refractivity contribution is 7.87. The van der Waals surface area contributed by atoms with Gasteiger partial charge in [-0.1, -0.05) is 53.6 Å². The lowest BCUT2D eigenvalue weighted by Gasteiger charge is -2.40. The molecule has 0 aromatic heterocycles. The molecular weight excluding hydrogens is 624 g/mol. The van der Waals surface area contributed by atoms with E-state index in [1.807, 2.05) is 6.92 Å². The van der Waals surface area contributed by atoms with Crippen LogP contribution >= 0.6 is 11.6 Å². The van der Waals surface area contributed by atoms with Gasteiger partial charge in [-0.25, -0.2) is 5.14 Å². The second kappa shape index (κ2) is 14.0. The average molecular weight is 657 g/mol. The predicted octanol–water partition coefficient (Wildman–Crippen LogP) is 1.34. The summed E-state index contributed by atoms with van der Waals surface area (Å²) in [5, 5.41) is 37.1. The molecule has 12 nitrogen and oxygen atoms in total. The molecule has 1 aliphatic heterocycles. The second-order valence-corrected chi connectivity index (χ2v) is 13.5.